The zero-order valence-corrected chi connectivity index (χ0v) is 28.8. The lowest BCUT2D eigenvalue weighted by Gasteiger charge is -2.13. The second kappa shape index (κ2) is 18.9. The van der Waals surface area contributed by atoms with Crippen LogP contribution in [0.2, 0.25) is 0 Å². The van der Waals surface area contributed by atoms with Crippen molar-refractivity contribution in [3.05, 3.63) is 113 Å². The number of benzene rings is 4. The van der Waals surface area contributed by atoms with Crippen molar-refractivity contribution >= 4 is 21.6 Å². The van der Waals surface area contributed by atoms with Crippen molar-refractivity contribution in [2.24, 2.45) is 5.73 Å². The zero-order valence-electron chi connectivity index (χ0n) is 27.2. The van der Waals surface area contributed by atoms with Gasteiger partial charge >= 0.3 is 0 Å². The molecule has 0 saturated heterocycles. The van der Waals surface area contributed by atoms with Gasteiger partial charge in [0.2, 0.25) is 0 Å². The zero-order chi connectivity index (χ0) is 32.6. The second-order valence-corrected chi connectivity index (χ2v) is 14.6. The highest BCUT2D eigenvalue weighted by Crippen LogP contribution is 2.30. The maximum Gasteiger partial charge on any atom is 0.182 e. The second-order valence-electron chi connectivity index (χ2n) is 11.5. The molecule has 0 saturated carbocycles. The molecular formula is C38H48N2O4S2. The predicted octanol–water partition coefficient (Wildman–Crippen LogP) is 7.47. The van der Waals surface area contributed by atoms with E-state index in [0.29, 0.717) is 36.0 Å². The van der Waals surface area contributed by atoms with Crippen LogP contribution in [0.25, 0.3) is 11.1 Å². The SMILES string of the molecule is CNCCCc1cccc(SCCCCOCc2cccc(-c3ccc(OC)c(CS(=O)(=O)c4cccc(CCCN)c4)c3)c2)c1. The minimum absolute atomic E-state index is 0.145. The number of thioether (sulfide) groups is 1. The molecule has 0 spiro atoms. The number of methoxy groups -OCH3 is 1. The number of hydrogen-bond donors (Lipinski definition) is 2. The monoisotopic (exact) mass is 660 g/mol. The van der Waals surface area contributed by atoms with E-state index in [2.05, 4.69) is 41.7 Å². The topological polar surface area (TPSA) is 90.6 Å². The molecule has 4 aromatic carbocycles. The first-order valence-electron chi connectivity index (χ1n) is 16.1. The van der Waals surface area contributed by atoms with Crippen molar-refractivity contribution in [1.82, 2.24) is 5.32 Å². The van der Waals surface area contributed by atoms with Gasteiger partial charge in [0.25, 0.3) is 0 Å². The molecule has 6 nitrogen and oxygen atoms in total. The molecule has 46 heavy (non-hydrogen) atoms. The Labute approximate surface area is 280 Å². The van der Waals surface area contributed by atoms with Crippen LogP contribution in [0, 0.1) is 0 Å². The first kappa shape index (κ1) is 35.7. The van der Waals surface area contributed by atoms with Crippen LogP contribution in [0.5, 0.6) is 5.75 Å². The molecule has 0 bridgehead atoms. The van der Waals surface area contributed by atoms with Gasteiger partial charge in [-0.05, 0) is 135 Å². The number of aryl methyl sites for hydroxylation is 2. The van der Waals surface area contributed by atoms with Crippen LogP contribution in [-0.4, -0.2) is 48.0 Å². The number of unbranched alkanes of at least 4 members (excludes halogenated alkanes) is 1. The lowest BCUT2D eigenvalue weighted by Crippen LogP contribution is -2.08. The predicted molar refractivity (Wildman–Crippen MR) is 191 cm³/mol. The van der Waals surface area contributed by atoms with Crippen molar-refractivity contribution in [3.8, 4) is 16.9 Å². The van der Waals surface area contributed by atoms with E-state index in [4.69, 9.17) is 15.2 Å². The smallest absolute Gasteiger partial charge is 0.182 e. The normalized spacial score (nSPS) is 11.5. The molecule has 0 radical (unpaired) electrons. The van der Waals surface area contributed by atoms with E-state index < -0.39 is 9.84 Å². The van der Waals surface area contributed by atoms with Gasteiger partial charge in [-0.2, -0.15) is 0 Å². The number of ether oxygens (including phenoxy) is 2. The van der Waals surface area contributed by atoms with Crippen LogP contribution >= 0.6 is 11.8 Å². The maximum absolute atomic E-state index is 13.4. The molecule has 0 aliphatic heterocycles. The summed E-state index contributed by atoms with van der Waals surface area (Å²) in [6, 6.07) is 30.0. The highest BCUT2D eigenvalue weighted by molar-refractivity contribution is 7.99. The molecule has 0 atom stereocenters. The van der Waals surface area contributed by atoms with Gasteiger partial charge in [-0.1, -0.05) is 48.5 Å². The van der Waals surface area contributed by atoms with Crippen molar-refractivity contribution in [2.75, 3.05) is 39.6 Å². The molecule has 0 aromatic heterocycles. The Morgan fingerprint density at radius 3 is 2.33 bits per heavy atom. The van der Waals surface area contributed by atoms with Gasteiger partial charge in [0.05, 0.1) is 24.4 Å². The van der Waals surface area contributed by atoms with E-state index in [-0.39, 0.29) is 5.75 Å². The summed E-state index contributed by atoms with van der Waals surface area (Å²) in [5.41, 5.74) is 11.7. The molecule has 0 unspecified atom stereocenters. The summed E-state index contributed by atoms with van der Waals surface area (Å²) >= 11 is 1.91. The van der Waals surface area contributed by atoms with Gasteiger partial charge in [0.15, 0.2) is 9.84 Å². The van der Waals surface area contributed by atoms with Gasteiger partial charge in [0, 0.05) is 17.1 Å². The van der Waals surface area contributed by atoms with Crippen LogP contribution in [0.15, 0.2) is 101 Å². The average molecular weight is 661 g/mol. The standard InChI is InChI=1S/C38H48N2O4S2/c1-40-21-9-14-30-10-6-16-36(25-30)45-23-4-3-22-44-28-32-12-5-15-33(24-32)34-18-19-38(43-2)35(27-34)29-46(41,42)37-17-7-11-31(26-37)13-8-20-39/h5-7,10-12,15-19,24-27,40H,3-4,8-9,13-14,20-23,28-29,39H2,1-2H3. The van der Waals surface area contributed by atoms with Crippen LogP contribution in [0.3, 0.4) is 0 Å². The molecule has 0 fully saturated rings. The van der Waals surface area contributed by atoms with E-state index in [1.807, 2.05) is 55.2 Å². The van der Waals surface area contributed by atoms with Crippen LogP contribution in [0.1, 0.15) is 47.9 Å². The van der Waals surface area contributed by atoms with Crippen molar-refractivity contribution in [2.45, 2.75) is 60.7 Å². The first-order chi connectivity index (χ1) is 22.4. The number of nitrogens with one attached hydrogen (secondary N) is 1. The Balaban J connectivity index is 1.29. The highest BCUT2D eigenvalue weighted by atomic mass is 32.2. The van der Waals surface area contributed by atoms with E-state index in [1.54, 1.807) is 25.3 Å². The summed E-state index contributed by atoms with van der Waals surface area (Å²) in [5, 5.41) is 3.21. The number of sulfone groups is 1. The van der Waals surface area contributed by atoms with Crippen molar-refractivity contribution < 1.29 is 17.9 Å². The Kier molecular flexibility index (Phi) is 14.6. The Bertz CT molecular complexity index is 1620. The van der Waals surface area contributed by atoms with Crippen LogP contribution in [-0.2, 0) is 39.8 Å². The third-order valence-electron chi connectivity index (χ3n) is 7.82. The van der Waals surface area contributed by atoms with Gasteiger partial charge in [-0.3, -0.25) is 0 Å². The number of nitrogens with two attached hydrogens (primary N) is 1. The summed E-state index contributed by atoms with van der Waals surface area (Å²) in [5.74, 6) is 1.49. The van der Waals surface area contributed by atoms with Gasteiger partial charge < -0.3 is 20.5 Å². The van der Waals surface area contributed by atoms with E-state index in [1.165, 1.54) is 10.5 Å². The molecule has 4 aromatic rings. The number of hydrogen-bond acceptors (Lipinski definition) is 7. The Morgan fingerprint density at radius 1 is 0.783 bits per heavy atom. The number of rotatable bonds is 20. The van der Waals surface area contributed by atoms with E-state index in [0.717, 1.165) is 73.1 Å². The third-order valence-corrected chi connectivity index (χ3v) is 10.6. The molecule has 246 valence electrons. The molecule has 4 rings (SSSR count). The van der Waals surface area contributed by atoms with Crippen molar-refractivity contribution in [3.63, 3.8) is 0 Å². The molecular weight excluding hydrogens is 613 g/mol. The molecule has 8 heteroatoms. The summed E-state index contributed by atoms with van der Waals surface area (Å²) in [6.07, 6.45) is 5.95. The van der Waals surface area contributed by atoms with Crippen LogP contribution in [0.4, 0.5) is 0 Å². The molecule has 0 aliphatic rings. The fourth-order valence-electron chi connectivity index (χ4n) is 5.35. The Morgan fingerprint density at radius 2 is 1.52 bits per heavy atom. The largest absolute Gasteiger partial charge is 0.496 e. The molecule has 0 heterocycles. The van der Waals surface area contributed by atoms with Gasteiger partial charge in [-0.25, -0.2) is 8.42 Å². The lowest BCUT2D eigenvalue weighted by molar-refractivity contribution is 0.118. The molecule has 0 aliphatic carbocycles. The third kappa shape index (κ3) is 11.3. The fraction of sp³-hybridized carbons (Fsp3) is 0.368. The Hall–Kier alpha value is -3.14. The molecule has 3 N–H and O–H groups in total. The average Bonchev–Trinajstić information content (AvgIpc) is 3.07. The summed E-state index contributed by atoms with van der Waals surface area (Å²) in [4.78, 5) is 1.66. The summed E-state index contributed by atoms with van der Waals surface area (Å²) < 4.78 is 38.5. The van der Waals surface area contributed by atoms with Gasteiger partial charge in [0.1, 0.15) is 5.75 Å². The quantitative estimate of drug-likeness (QED) is 0.0751. The maximum atomic E-state index is 13.4. The van der Waals surface area contributed by atoms with E-state index in [9.17, 15) is 8.42 Å². The van der Waals surface area contributed by atoms with E-state index >= 15 is 0 Å². The minimum atomic E-state index is -3.58. The molecule has 0 amide bonds. The summed E-state index contributed by atoms with van der Waals surface area (Å²) in [7, 11) is -0.0131. The van der Waals surface area contributed by atoms with Crippen LogP contribution < -0.4 is 15.8 Å². The lowest BCUT2D eigenvalue weighted by atomic mass is 10.0. The first-order valence-corrected chi connectivity index (χ1v) is 18.8. The van der Waals surface area contributed by atoms with Crippen molar-refractivity contribution in [1.29, 1.82) is 0 Å². The minimum Gasteiger partial charge on any atom is -0.496 e. The van der Waals surface area contributed by atoms with Gasteiger partial charge in [-0.15, -0.1) is 11.8 Å². The summed E-state index contributed by atoms with van der Waals surface area (Å²) in [6.45, 7) is 2.87. The highest BCUT2D eigenvalue weighted by Gasteiger charge is 2.19. The fourth-order valence-corrected chi connectivity index (χ4v) is 7.76.